The first-order chi connectivity index (χ1) is 5.27. The van der Waals surface area contributed by atoms with E-state index in [4.69, 9.17) is 5.11 Å². The van der Waals surface area contributed by atoms with E-state index in [-0.39, 0.29) is 0 Å². The molecule has 1 atom stereocenters. The minimum atomic E-state index is 0.299. The molecule has 0 saturated carbocycles. The summed E-state index contributed by atoms with van der Waals surface area (Å²) in [5.41, 5.74) is 0.420. The molecular weight excluding hydrogens is 140 g/mol. The van der Waals surface area contributed by atoms with Gasteiger partial charge in [0.2, 0.25) is 0 Å². The first kappa shape index (κ1) is 7.53. The average Bonchev–Trinajstić information content (AvgIpc) is 2.31. The zero-order chi connectivity index (χ0) is 7.90. The Morgan fingerprint density at radius 2 is 2.36 bits per heavy atom. The van der Waals surface area contributed by atoms with E-state index in [9.17, 15) is 0 Å². The number of aliphatic hydroxyl groups excluding tert-OH is 1. The molecule has 2 fully saturated rings. The fraction of sp³-hybridized carbons (Fsp3) is 1.00. The number of rotatable bonds is 1. The number of likely N-dealkylation sites (tertiary alicyclic amines) is 1. The molecular formula is C8H16N2O. The molecule has 0 aliphatic carbocycles. The Morgan fingerprint density at radius 1 is 1.64 bits per heavy atom. The first-order valence-electron chi connectivity index (χ1n) is 4.30. The molecule has 0 aromatic rings. The number of hydrogen-bond donors (Lipinski definition) is 2. The summed E-state index contributed by atoms with van der Waals surface area (Å²) in [5, 5.41) is 12.4. The molecule has 0 aromatic carbocycles. The summed E-state index contributed by atoms with van der Waals surface area (Å²) >= 11 is 0. The molecule has 2 heterocycles. The maximum absolute atomic E-state index is 9.07. The molecule has 3 heteroatoms. The van der Waals surface area contributed by atoms with Crippen molar-refractivity contribution in [1.29, 1.82) is 0 Å². The van der Waals surface area contributed by atoms with Gasteiger partial charge in [0.1, 0.15) is 0 Å². The third kappa shape index (κ3) is 0.991. The van der Waals surface area contributed by atoms with Crippen LogP contribution in [0.2, 0.25) is 0 Å². The van der Waals surface area contributed by atoms with Gasteiger partial charge in [0, 0.05) is 24.5 Å². The van der Waals surface area contributed by atoms with Gasteiger partial charge >= 0.3 is 0 Å². The van der Waals surface area contributed by atoms with Crippen molar-refractivity contribution in [2.45, 2.75) is 12.5 Å². The summed E-state index contributed by atoms with van der Waals surface area (Å²) in [6, 6.07) is 0.360. The molecule has 2 saturated heterocycles. The van der Waals surface area contributed by atoms with Crippen molar-refractivity contribution in [2.24, 2.45) is 5.41 Å². The lowest BCUT2D eigenvalue weighted by Crippen LogP contribution is -2.60. The molecule has 0 amide bonds. The van der Waals surface area contributed by atoms with Gasteiger partial charge in [-0.3, -0.25) is 0 Å². The SMILES string of the molecule is CN1CC2(CCN[C@H]2CO)C1. The van der Waals surface area contributed by atoms with Crippen LogP contribution in [0, 0.1) is 5.41 Å². The number of nitrogens with zero attached hydrogens (tertiary/aromatic N) is 1. The summed E-state index contributed by atoms with van der Waals surface area (Å²) in [7, 11) is 2.14. The van der Waals surface area contributed by atoms with Crippen LogP contribution < -0.4 is 5.32 Å². The second kappa shape index (κ2) is 2.44. The standard InChI is InChI=1S/C8H16N2O/c1-10-5-8(6-10)2-3-9-7(8)4-11/h7,9,11H,2-6H2,1H3/t7-/m0/s1. The monoisotopic (exact) mass is 156 g/mol. The topological polar surface area (TPSA) is 35.5 Å². The highest BCUT2D eigenvalue weighted by Gasteiger charge is 2.49. The second-order valence-corrected chi connectivity index (χ2v) is 3.97. The van der Waals surface area contributed by atoms with E-state index in [1.807, 2.05) is 0 Å². The van der Waals surface area contributed by atoms with E-state index < -0.39 is 0 Å². The van der Waals surface area contributed by atoms with E-state index in [2.05, 4.69) is 17.3 Å². The Balaban J connectivity index is 2.01. The fourth-order valence-corrected chi connectivity index (χ4v) is 2.55. The van der Waals surface area contributed by atoms with Gasteiger partial charge in [-0.15, -0.1) is 0 Å². The predicted molar refractivity (Wildman–Crippen MR) is 43.4 cm³/mol. The number of aliphatic hydroxyl groups is 1. The normalized spacial score (nSPS) is 36.0. The molecule has 3 nitrogen and oxygen atoms in total. The van der Waals surface area contributed by atoms with Crippen molar-refractivity contribution in [2.75, 3.05) is 33.3 Å². The van der Waals surface area contributed by atoms with Crippen LogP contribution in [0.3, 0.4) is 0 Å². The smallest absolute Gasteiger partial charge is 0.0591 e. The molecule has 64 valence electrons. The van der Waals surface area contributed by atoms with Crippen molar-refractivity contribution in [3.05, 3.63) is 0 Å². The molecule has 2 rings (SSSR count). The van der Waals surface area contributed by atoms with Gasteiger partial charge in [0.05, 0.1) is 6.61 Å². The molecule has 0 unspecified atom stereocenters. The lowest BCUT2D eigenvalue weighted by molar-refractivity contribution is -0.00398. The summed E-state index contributed by atoms with van der Waals surface area (Å²) in [6.07, 6.45) is 1.24. The van der Waals surface area contributed by atoms with Gasteiger partial charge in [-0.05, 0) is 20.0 Å². The Morgan fingerprint density at radius 3 is 2.91 bits per heavy atom. The van der Waals surface area contributed by atoms with Gasteiger partial charge in [0.15, 0.2) is 0 Å². The van der Waals surface area contributed by atoms with Crippen LogP contribution in [-0.2, 0) is 0 Å². The molecule has 0 bridgehead atoms. The van der Waals surface area contributed by atoms with E-state index in [0.717, 1.165) is 19.6 Å². The summed E-state index contributed by atoms with van der Waals surface area (Å²) < 4.78 is 0. The van der Waals surface area contributed by atoms with Crippen LogP contribution in [0.5, 0.6) is 0 Å². The lowest BCUT2D eigenvalue weighted by Gasteiger charge is -2.49. The second-order valence-electron chi connectivity index (χ2n) is 3.97. The van der Waals surface area contributed by atoms with Crippen molar-refractivity contribution >= 4 is 0 Å². The Hall–Kier alpha value is -0.120. The summed E-state index contributed by atoms with van der Waals surface area (Å²) in [4.78, 5) is 2.32. The van der Waals surface area contributed by atoms with E-state index in [0.29, 0.717) is 18.1 Å². The Kier molecular flexibility index (Phi) is 1.67. The van der Waals surface area contributed by atoms with Crippen molar-refractivity contribution in [3.8, 4) is 0 Å². The molecule has 2 aliphatic rings. The summed E-state index contributed by atoms with van der Waals surface area (Å²) in [5.74, 6) is 0. The van der Waals surface area contributed by atoms with Crippen molar-refractivity contribution in [3.63, 3.8) is 0 Å². The zero-order valence-corrected chi connectivity index (χ0v) is 7.01. The number of hydrogen-bond acceptors (Lipinski definition) is 3. The van der Waals surface area contributed by atoms with Crippen molar-refractivity contribution in [1.82, 2.24) is 10.2 Å². The van der Waals surface area contributed by atoms with Gasteiger partial charge in [-0.2, -0.15) is 0 Å². The molecule has 11 heavy (non-hydrogen) atoms. The lowest BCUT2D eigenvalue weighted by atomic mass is 9.74. The van der Waals surface area contributed by atoms with Crippen LogP contribution >= 0.6 is 0 Å². The van der Waals surface area contributed by atoms with Crippen LogP contribution in [0.1, 0.15) is 6.42 Å². The molecule has 1 spiro atoms. The van der Waals surface area contributed by atoms with Crippen LogP contribution in [0.15, 0.2) is 0 Å². The quantitative estimate of drug-likeness (QED) is 0.525. The van der Waals surface area contributed by atoms with Crippen molar-refractivity contribution < 1.29 is 5.11 Å². The highest BCUT2D eigenvalue weighted by atomic mass is 16.3. The summed E-state index contributed by atoms with van der Waals surface area (Å²) in [6.45, 7) is 3.70. The largest absolute Gasteiger partial charge is 0.395 e. The highest BCUT2D eigenvalue weighted by molar-refractivity contribution is 5.05. The van der Waals surface area contributed by atoms with Crippen LogP contribution in [0.25, 0.3) is 0 Å². The maximum atomic E-state index is 9.07. The predicted octanol–water partition coefficient (Wildman–Crippen LogP) is -0.728. The van der Waals surface area contributed by atoms with Gasteiger partial charge in [0.25, 0.3) is 0 Å². The van der Waals surface area contributed by atoms with E-state index in [1.165, 1.54) is 6.42 Å². The average molecular weight is 156 g/mol. The molecule has 0 aromatic heterocycles. The molecule has 0 radical (unpaired) electrons. The minimum absolute atomic E-state index is 0.299. The maximum Gasteiger partial charge on any atom is 0.0591 e. The zero-order valence-electron chi connectivity index (χ0n) is 7.01. The van der Waals surface area contributed by atoms with E-state index >= 15 is 0 Å². The Labute approximate surface area is 67.4 Å². The van der Waals surface area contributed by atoms with Crippen LogP contribution in [-0.4, -0.2) is 49.3 Å². The first-order valence-corrected chi connectivity index (χ1v) is 4.30. The third-order valence-electron chi connectivity index (χ3n) is 3.11. The third-order valence-corrected chi connectivity index (χ3v) is 3.11. The highest BCUT2D eigenvalue weighted by Crippen LogP contribution is 2.39. The van der Waals surface area contributed by atoms with Crippen LogP contribution in [0.4, 0.5) is 0 Å². The molecule has 2 aliphatic heterocycles. The Bertz CT molecular complexity index is 154. The fourth-order valence-electron chi connectivity index (χ4n) is 2.55. The van der Waals surface area contributed by atoms with Gasteiger partial charge in [-0.25, -0.2) is 0 Å². The number of nitrogens with one attached hydrogen (secondary N) is 1. The molecule has 2 N–H and O–H groups in total. The van der Waals surface area contributed by atoms with Gasteiger partial charge < -0.3 is 15.3 Å². The van der Waals surface area contributed by atoms with E-state index in [1.54, 1.807) is 0 Å². The minimum Gasteiger partial charge on any atom is -0.395 e. The van der Waals surface area contributed by atoms with Gasteiger partial charge in [-0.1, -0.05) is 0 Å².